The summed E-state index contributed by atoms with van der Waals surface area (Å²) in [5, 5.41) is 4.36. The van der Waals surface area contributed by atoms with E-state index < -0.39 is 0 Å². The number of aromatic nitrogens is 2. The molecule has 2 rings (SSSR count). The van der Waals surface area contributed by atoms with Crippen molar-refractivity contribution in [1.82, 2.24) is 14.7 Å². The number of likely N-dealkylation sites (N-methyl/N-ethyl adjacent to an activating group) is 1. The maximum Gasteiger partial charge on any atom is 0.123 e. The topological polar surface area (TPSA) is 47.1 Å². The molecule has 21 heavy (non-hydrogen) atoms. The Bertz CT molecular complexity index is 597. The summed E-state index contributed by atoms with van der Waals surface area (Å²) in [5.41, 5.74) is 8.13. The second-order valence-electron chi connectivity index (χ2n) is 5.34. The molecule has 1 unspecified atom stereocenters. The highest BCUT2D eigenvalue weighted by atomic mass is 79.9. The summed E-state index contributed by atoms with van der Waals surface area (Å²) in [6, 6.07) is 6.32. The van der Waals surface area contributed by atoms with Crippen LogP contribution in [-0.2, 0) is 13.0 Å². The van der Waals surface area contributed by atoms with Gasteiger partial charge in [-0.1, -0.05) is 12.1 Å². The quantitative estimate of drug-likeness (QED) is 0.867. The first kappa shape index (κ1) is 16.1. The molecule has 0 spiro atoms. The molecule has 0 aliphatic carbocycles. The smallest absolute Gasteiger partial charge is 0.123 e. The van der Waals surface area contributed by atoms with Crippen molar-refractivity contribution in [1.29, 1.82) is 0 Å². The third kappa shape index (κ3) is 4.36. The van der Waals surface area contributed by atoms with Gasteiger partial charge in [-0.2, -0.15) is 5.10 Å². The van der Waals surface area contributed by atoms with E-state index in [0.29, 0.717) is 6.42 Å². The van der Waals surface area contributed by atoms with Crippen molar-refractivity contribution in [2.45, 2.75) is 19.0 Å². The first-order chi connectivity index (χ1) is 9.97. The van der Waals surface area contributed by atoms with Crippen LogP contribution in [0.3, 0.4) is 0 Å². The average molecular weight is 355 g/mol. The standard InChI is InChI=1S/C15H20BrFN4/c1-20(2)6-7-21-15(13(16)10-19-21)14(18)9-11-4-3-5-12(17)8-11/h3-5,8,10,14H,6-7,9,18H2,1-2H3. The minimum Gasteiger partial charge on any atom is -0.322 e. The number of benzene rings is 1. The minimum atomic E-state index is -0.236. The number of hydrogen-bond acceptors (Lipinski definition) is 3. The van der Waals surface area contributed by atoms with E-state index >= 15 is 0 Å². The van der Waals surface area contributed by atoms with Crippen molar-refractivity contribution < 1.29 is 4.39 Å². The van der Waals surface area contributed by atoms with Crippen LogP contribution in [0, 0.1) is 5.82 Å². The second kappa shape index (κ2) is 7.15. The van der Waals surface area contributed by atoms with Gasteiger partial charge in [0.1, 0.15) is 5.82 Å². The van der Waals surface area contributed by atoms with Crippen LogP contribution >= 0.6 is 15.9 Å². The molecular weight excluding hydrogens is 335 g/mol. The van der Waals surface area contributed by atoms with E-state index in [1.54, 1.807) is 12.3 Å². The Kier molecular flexibility index (Phi) is 5.50. The Hall–Kier alpha value is -1.24. The number of nitrogens with zero attached hydrogens (tertiary/aromatic N) is 3. The monoisotopic (exact) mass is 354 g/mol. The maximum absolute atomic E-state index is 13.3. The highest BCUT2D eigenvalue weighted by molar-refractivity contribution is 9.10. The highest BCUT2D eigenvalue weighted by Gasteiger charge is 2.17. The van der Waals surface area contributed by atoms with Crippen molar-refractivity contribution in [2.24, 2.45) is 5.73 Å². The Labute approximate surface area is 132 Å². The fourth-order valence-corrected chi connectivity index (χ4v) is 2.82. The van der Waals surface area contributed by atoms with Gasteiger partial charge in [-0.25, -0.2) is 4.39 Å². The lowest BCUT2D eigenvalue weighted by molar-refractivity contribution is 0.366. The van der Waals surface area contributed by atoms with Crippen LogP contribution < -0.4 is 5.73 Å². The third-order valence-corrected chi connectivity index (χ3v) is 3.90. The van der Waals surface area contributed by atoms with E-state index in [1.165, 1.54) is 12.1 Å². The summed E-state index contributed by atoms with van der Waals surface area (Å²) in [5.74, 6) is -0.236. The lowest BCUT2D eigenvalue weighted by Crippen LogP contribution is -2.24. The molecule has 1 aromatic carbocycles. The van der Waals surface area contributed by atoms with Crippen molar-refractivity contribution in [3.8, 4) is 0 Å². The summed E-state index contributed by atoms with van der Waals surface area (Å²) in [6.45, 7) is 1.65. The molecule has 0 aliphatic rings. The fraction of sp³-hybridized carbons (Fsp3) is 0.400. The van der Waals surface area contributed by atoms with Crippen LogP contribution in [0.1, 0.15) is 17.3 Å². The van der Waals surface area contributed by atoms with E-state index in [1.807, 2.05) is 24.8 Å². The maximum atomic E-state index is 13.3. The van der Waals surface area contributed by atoms with Crippen LogP contribution in [0.15, 0.2) is 34.9 Å². The normalized spacial score (nSPS) is 12.9. The molecule has 0 aliphatic heterocycles. The van der Waals surface area contributed by atoms with Crippen LogP contribution in [0.2, 0.25) is 0 Å². The molecule has 6 heteroatoms. The predicted octanol–water partition coefficient (Wildman–Crippen LogP) is 2.59. The Morgan fingerprint density at radius 1 is 1.43 bits per heavy atom. The van der Waals surface area contributed by atoms with Gasteiger partial charge < -0.3 is 10.6 Å². The van der Waals surface area contributed by atoms with Crippen LogP contribution in [0.4, 0.5) is 4.39 Å². The van der Waals surface area contributed by atoms with E-state index in [0.717, 1.165) is 28.8 Å². The summed E-state index contributed by atoms with van der Waals surface area (Å²) < 4.78 is 16.1. The van der Waals surface area contributed by atoms with Gasteiger partial charge in [-0.05, 0) is 54.1 Å². The minimum absolute atomic E-state index is 0.231. The molecule has 114 valence electrons. The second-order valence-corrected chi connectivity index (χ2v) is 6.20. The molecule has 4 nitrogen and oxygen atoms in total. The number of rotatable bonds is 6. The van der Waals surface area contributed by atoms with Gasteiger partial charge in [0.25, 0.3) is 0 Å². The zero-order chi connectivity index (χ0) is 15.4. The molecule has 2 N–H and O–H groups in total. The van der Waals surface area contributed by atoms with E-state index in [-0.39, 0.29) is 11.9 Å². The molecule has 0 amide bonds. The van der Waals surface area contributed by atoms with Crippen molar-refractivity contribution in [2.75, 3.05) is 20.6 Å². The molecule has 0 saturated heterocycles. The first-order valence-corrected chi connectivity index (χ1v) is 7.62. The Balaban J connectivity index is 2.14. The molecule has 1 heterocycles. The summed E-state index contributed by atoms with van der Waals surface area (Å²) >= 11 is 3.50. The lowest BCUT2D eigenvalue weighted by Gasteiger charge is -2.17. The predicted molar refractivity (Wildman–Crippen MR) is 85.5 cm³/mol. The van der Waals surface area contributed by atoms with Gasteiger partial charge in [-0.3, -0.25) is 4.68 Å². The van der Waals surface area contributed by atoms with Crippen molar-refractivity contribution in [3.05, 3.63) is 52.0 Å². The Morgan fingerprint density at radius 3 is 2.86 bits per heavy atom. The number of hydrogen-bond donors (Lipinski definition) is 1. The molecule has 0 radical (unpaired) electrons. The van der Waals surface area contributed by atoms with Gasteiger partial charge in [0.05, 0.1) is 29.0 Å². The Morgan fingerprint density at radius 2 is 2.19 bits per heavy atom. The summed E-state index contributed by atoms with van der Waals surface area (Å²) in [7, 11) is 4.04. The molecule has 0 bridgehead atoms. The number of nitrogens with two attached hydrogens (primary N) is 1. The SMILES string of the molecule is CN(C)CCn1ncc(Br)c1C(N)Cc1cccc(F)c1. The fourth-order valence-electron chi connectivity index (χ4n) is 2.23. The van der Waals surface area contributed by atoms with E-state index in [9.17, 15) is 4.39 Å². The van der Waals surface area contributed by atoms with E-state index in [4.69, 9.17) is 5.73 Å². The van der Waals surface area contributed by atoms with Gasteiger partial charge in [0.2, 0.25) is 0 Å². The van der Waals surface area contributed by atoms with E-state index in [2.05, 4.69) is 25.9 Å². The molecular formula is C15H20BrFN4. The zero-order valence-electron chi connectivity index (χ0n) is 12.3. The van der Waals surface area contributed by atoms with Crippen LogP contribution in [0.25, 0.3) is 0 Å². The molecule has 0 saturated carbocycles. The van der Waals surface area contributed by atoms with Gasteiger partial charge >= 0.3 is 0 Å². The zero-order valence-corrected chi connectivity index (χ0v) is 13.8. The van der Waals surface area contributed by atoms with Crippen molar-refractivity contribution >= 4 is 15.9 Å². The van der Waals surface area contributed by atoms with Crippen molar-refractivity contribution in [3.63, 3.8) is 0 Å². The van der Waals surface area contributed by atoms with Gasteiger partial charge in [0, 0.05) is 6.54 Å². The van der Waals surface area contributed by atoms with Crippen LogP contribution in [-0.4, -0.2) is 35.3 Å². The number of halogens is 2. The summed E-state index contributed by atoms with van der Waals surface area (Å²) in [4.78, 5) is 2.09. The first-order valence-electron chi connectivity index (χ1n) is 6.83. The molecule has 1 aromatic heterocycles. The third-order valence-electron chi connectivity index (χ3n) is 3.29. The summed E-state index contributed by atoms with van der Waals surface area (Å²) in [6.07, 6.45) is 2.33. The van der Waals surface area contributed by atoms with Gasteiger partial charge in [0.15, 0.2) is 0 Å². The molecule has 0 fully saturated rings. The van der Waals surface area contributed by atoms with Gasteiger partial charge in [-0.15, -0.1) is 0 Å². The molecule has 1 atom stereocenters. The average Bonchev–Trinajstić information content (AvgIpc) is 2.77. The van der Waals surface area contributed by atoms with Crippen LogP contribution in [0.5, 0.6) is 0 Å². The highest BCUT2D eigenvalue weighted by Crippen LogP contribution is 2.24. The molecule has 2 aromatic rings. The lowest BCUT2D eigenvalue weighted by atomic mass is 10.0. The largest absolute Gasteiger partial charge is 0.322 e.